The van der Waals surface area contributed by atoms with Crippen molar-refractivity contribution in [2.45, 2.75) is 18.6 Å². The molecule has 2 aromatic carbocycles. The van der Waals surface area contributed by atoms with Crippen LogP contribution in [0.15, 0.2) is 72.9 Å². The van der Waals surface area contributed by atoms with Gasteiger partial charge in [0.2, 0.25) is 5.91 Å². The van der Waals surface area contributed by atoms with Crippen molar-refractivity contribution >= 4 is 23.3 Å². The Morgan fingerprint density at radius 2 is 1.89 bits per heavy atom. The molecule has 0 saturated carbocycles. The first-order chi connectivity index (χ1) is 17.1. The van der Waals surface area contributed by atoms with E-state index in [0.717, 1.165) is 17.9 Å². The largest absolute Gasteiger partial charge is 0.497 e. The van der Waals surface area contributed by atoms with Gasteiger partial charge in [0.15, 0.2) is 0 Å². The van der Waals surface area contributed by atoms with Crippen molar-refractivity contribution in [3.8, 4) is 5.75 Å². The van der Waals surface area contributed by atoms with Crippen LogP contribution in [0.3, 0.4) is 0 Å². The fourth-order valence-corrected chi connectivity index (χ4v) is 4.68. The average Bonchev–Trinajstić information content (AvgIpc) is 3.34. The lowest BCUT2D eigenvalue weighted by molar-refractivity contribution is -0.152. The lowest BCUT2D eigenvalue weighted by Gasteiger charge is -2.36. The second-order valence-corrected chi connectivity index (χ2v) is 8.70. The fourth-order valence-electron chi connectivity index (χ4n) is 4.68. The molecule has 2 saturated heterocycles. The van der Waals surface area contributed by atoms with Crippen LogP contribution in [0.1, 0.15) is 15.9 Å². The quantitative estimate of drug-likeness (QED) is 0.569. The van der Waals surface area contributed by atoms with Gasteiger partial charge in [0.1, 0.15) is 18.2 Å². The van der Waals surface area contributed by atoms with Crippen LogP contribution in [0.4, 0.5) is 11.5 Å². The third-order valence-electron chi connectivity index (χ3n) is 6.54. The van der Waals surface area contributed by atoms with Crippen molar-refractivity contribution in [1.29, 1.82) is 0 Å². The smallest absolute Gasteiger partial charge is 0.257 e. The van der Waals surface area contributed by atoms with Crippen LogP contribution < -0.4 is 10.1 Å². The topological polar surface area (TPSA) is 84.0 Å². The van der Waals surface area contributed by atoms with Crippen LogP contribution >= 0.6 is 0 Å². The number of fused-ring (bicyclic) bond motifs is 1. The summed E-state index contributed by atoms with van der Waals surface area (Å²) in [5.74, 6) is 1.07. The maximum absolute atomic E-state index is 13.5. The number of carbonyl (C=O) groups is 2. The summed E-state index contributed by atoms with van der Waals surface area (Å²) in [4.78, 5) is 34.3. The number of pyridine rings is 1. The van der Waals surface area contributed by atoms with Gasteiger partial charge in [0, 0.05) is 31.5 Å². The number of hydrogen-bond donors (Lipinski definition) is 1. The zero-order valence-electron chi connectivity index (χ0n) is 19.6. The lowest BCUT2D eigenvalue weighted by atomic mass is 10.1. The number of morpholine rings is 1. The Kier molecular flexibility index (Phi) is 6.63. The number of rotatable bonds is 7. The Hall–Kier alpha value is -3.91. The van der Waals surface area contributed by atoms with Crippen LogP contribution in [-0.2, 0) is 16.0 Å². The first-order valence-corrected chi connectivity index (χ1v) is 11.7. The Morgan fingerprint density at radius 1 is 1.09 bits per heavy atom. The molecule has 2 aliphatic heterocycles. The highest BCUT2D eigenvalue weighted by Crippen LogP contribution is 2.28. The normalized spacial score (nSPS) is 19.4. The van der Waals surface area contributed by atoms with Crippen molar-refractivity contribution in [3.05, 3.63) is 84.1 Å². The van der Waals surface area contributed by atoms with E-state index in [1.165, 1.54) is 5.56 Å². The molecule has 0 radical (unpaired) electrons. The highest BCUT2D eigenvalue weighted by Gasteiger charge is 2.44. The maximum Gasteiger partial charge on any atom is 0.257 e. The molecule has 0 unspecified atom stereocenters. The fraction of sp³-hybridized carbons (Fsp3) is 0.296. The number of likely N-dealkylation sites (tertiary alicyclic amines) is 1. The van der Waals surface area contributed by atoms with Gasteiger partial charge in [-0.15, -0.1) is 0 Å². The predicted octanol–water partition coefficient (Wildman–Crippen LogP) is 3.13. The van der Waals surface area contributed by atoms with E-state index in [1.54, 1.807) is 30.3 Å². The summed E-state index contributed by atoms with van der Waals surface area (Å²) in [6, 6.07) is 20.9. The summed E-state index contributed by atoms with van der Waals surface area (Å²) in [5, 5.41) is 3.24. The van der Waals surface area contributed by atoms with Crippen molar-refractivity contribution < 1.29 is 19.1 Å². The first kappa shape index (κ1) is 22.9. The molecule has 2 amide bonds. The Balaban J connectivity index is 1.30. The third kappa shape index (κ3) is 4.97. The van der Waals surface area contributed by atoms with Gasteiger partial charge in [-0.05, 0) is 48.4 Å². The molecule has 2 fully saturated rings. The van der Waals surface area contributed by atoms with Gasteiger partial charge in [0.05, 0.1) is 24.8 Å². The number of methoxy groups -OCH3 is 1. The van der Waals surface area contributed by atoms with Crippen molar-refractivity contribution in [2.24, 2.45) is 0 Å². The van der Waals surface area contributed by atoms with E-state index in [9.17, 15) is 9.59 Å². The number of carbonyl (C=O) groups excluding carboxylic acids is 2. The van der Waals surface area contributed by atoms with Gasteiger partial charge in [0.25, 0.3) is 5.91 Å². The molecule has 3 heterocycles. The summed E-state index contributed by atoms with van der Waals surface area (Å²) >= 11 is 0. The number of nitrogens with one attached hydrogen (secondary N) is 1. The SMILES string of the molecule is COc1ccc(Nc2ncccc2C(=O)N2C[C@@H]3OCC(=O)N(CCc4ccccc4)[C@H]3C2)cc1. The third-order valence-corrected chi connectivity index (χ3v) is 6.54. The van der Waals surface area contributed by atoms with Crippen LogP contribution in [0.5, 0.6) is 5.75 Å². The molecule has 8 heteroatoms. The van der Waals surface area contributed by atoms with E-state index in [4.69, 9.17) is 9.47 Å². The minimum atomic E-state index is -0.193. The first-order valence-electron chi connectivity index (χ1n) is 11.7. The summed E-state index contributed by atoms with van der Waals surface area (Å²) in [7, 11) is 1.62. The van der Waals surface area contributed by atoms with Crippen LogP contribution in [0.2, 0.25) is 0 Å². The molecule has 35 heavy (non-hydrogen) atoms. The molecule has 1 N–H and O–H groups in total. The second kappa shape index (κ2) is 10.1. The van der Waals surface area contributed by atoms with Crippen molar-refractivity contribution in [1.82, 2.24) is 14.8 Å². The van der Waals surface area contributed by atoms with E-state index < -0.39 is 0 Å². The number of aromatic nitrogens is 1. The van der Waals surface area contributed by atoms with Gasteiger partial charge in [-0.2, -0.15) is 0 Å². The van der Waals surface area contributed by atoms with Gasteiger partial charge in [-0.25, -0.2) is 4.98 Å². The highest BCUT2D eigenvalue weighted by molar-refractivity contribution is 5.99. The van der Waals surface area contributed by atoms with E-state index in [1.807, 2.05) is 47.4 Å². The molecule has 2 atom stereocenters. The Bertz CT molecular complexity index is 1190. The monoisotopic (exact) mass is 472 g/mol. The minimum Gasteiger partial charge on any atom is -0.497 e. The number of anilines is 2. The number of ether oxygens (including phenoxy) is 2. The zero-order valence-corrected chi connectivity index (χ0v) is 19.6. The summed E-state index contributed by atoms with van der Waals surface area (Å²) in [6.07, 6.45) is 2.23. The Labute approximate surface area is 204 Å². The van der Waals surface area contributed by atoms with Gasteiger partial charge < -0.3 is 24.6 Å². The second-order valence-electron chi connectivity index (χ2n) is 8.70. The molecule has 0 aliphatic carbocycles. The average molecular weight is 473 g/mol. The molecule has 0 spiro atoms. The summed E-state index contributed by atoms with van der Waals surface area (Å²) in [5.41, 5.74) is 2.46. The molecule has 180 valence electrons. The predicted molar refractivity (Wildman–Crippen MR) is 132 cm³/mol. The zero-order chi connectivity index (χ0) is 24.2. The summed E-state index contributed by atoms with van der Waals surface area (Å²) in [6.45, 7) is 1.53. The van der Waals surface area contributed by atoms with Crippen LogP contribution in [-0.4, -0.2) is 72.1 Å². The molecule has 3 aromatic rings. The lowest BCUT2D eigenvalue weighted by Crippen LogP contribution is -2.54. The standard InChI is InChI=1S/C27H28N4O4/c1-34-21-11-9-20(10-12-21)29-26-22(8-5-14-28-26)27(33)30-16-23-24(17-30)35-18-25(32)31(23)15-13-19-6-3-2-4-7-19/h2-12,14,23-24H,13,15-18H2,1H3,(H,28,29)/t23-,24-/m0/s1. The highest BCUT2D eigenvalue weighted by atomic mass is 16.5. The van der Waals surface area contributed by atoms with Gasteiger partial charge >= 0.3 is 0 Å². The number of amides is 2. The van der Waals surface area contributed by atoms with Crippen LogP contribution in [0.25, 0.3) is 0 Å². The van der Waals surface area contributed by atoms with E-state index in [-0.39, 0.29) is 30.6 Å². The molecule has 1 aromatic heterocycles. The summed E-state index contributed by atoms with van der Waals surface area (Å²) < 4.78 is 11.0. The van der Waals surface area contributed by atoms with Crippen LogP contribution in [0, 0.1) is 0 Å². The van der Waals surface area contributed by atoms with E-state index in [0.29, 0.717) is 31.0 Å². The van der Waals surface area contributed by atoms with Gasteiger partial charge in [-0.3, -0.25) is 9.59 Å². The van der Waals surface area contributed by atoms with E-state index >= 15 is 0 Å². The number of nitrogens with zero attached hydrogens (tertiary/aromatic N) is 3. The van der Waals surface area contributed by atoms with Gasteiger partial charge in [-0.1, -0.05) is 30.3 Å². The molecular weight excluding hydrogens is 444 g/mol. The minimum absolute atomic E-state index is 0.0280. The number of benzene rings is 2. The molecule has 0 bridgehead atoms. The Morgan fingerprint density at radius 3 is 2.66 bits per heavy atom. The maximum atomic E-state index is 13.5. The van der Waals surface area contributed by atoms with E-state index in [2.05, 4.69) is 22.4 Å². The van der Waals surface area contributed by atoms with Crippen molar-refractivity contribution in [3.63, 3.8) is 0 Å². The molecule has 5 rings (SSSR count). The number of hydrogen-bond acceptors (Lipinski definition) is 6. The molecule has 8 nitrogen and oxygen atoms in total. The molecule has 2 aliphatic rings. The molecular formula is C27H28N4O4. The van der Waals surface area contributed by atoms with Crippen molar-refractivity contribution in [2.75, 3.05) is 38.7 Å².